The van der Waals surface area contributed by atoms with Gasteiger partial charge in [-0.25, -0.2) is 13.6 Å². The van der Waals surface area contributed by atoms with Crippen molar-refractivity contribution in [1.29, 1.82) is 0 Å². The second-order valence-corrected chi connectivity index (χ2v) is 6.40. The second kappa shape index (κ2) is 5.94. The van der Waals surface area contributed by atoms with Gasteiger partial charge >= 0.3 is 0 Å². The first-order valence-corrected chi connectivity index (χ1v) is 7.91. The Balaban J connectivity index is 1.99. The molecular weight excluding hydrogens is 284 g/mol. The zero-order chi connectivity index (χ0) is 14.8. The summed E-state index contributed by atoms with van der Waals surface area (Å²) in [4.78, 5) is 11.7. The monoisotopic (exact) mass is 302 g/mol. The molecule has 7 nitrogen and oxygen atoms in total. The van der Waals surface area contributed by atoms with Gasteiger partial charge in [0, 0.05) is 19.2 Å². The first-order valence-electron chi connectivity index (χ1n) is 6.37. The van der Waals surface area contributed by atoms with Crippen molar-refractivity contribution < 1.29 is 22.4 Å². The van der Waals surface area contributed by atoms with Gasteiger partial charge in [-0.15, -0.1) is 0 Å². The molecule has 3 N–H and O–H groups in total. The molecule has 1 saturated heterocycles. The minimum atomic E-state index is -3.88. The van der Waals surface area contributed by atoms with Crippen molar-refractivity contribution in [1.82, 2.24) is 5.32 Å². The molecule has 1 aliphatic heterocycles. The number of primary sulfonamides is 1. The van der Waals surface area contributed by atoms with E-state index >= 15 is 0 Å². The number of amides is 1. The Hall–Kier alpha value is -1.38. The number of carbonyl (C=O) groups excluding carboxylic acids is 1. The lowest BCUT2D eigenvalue weighted by atomic mass is 10.0. The SMILES string of the molecule is Cc1oc(C(=O)NCC2CCCOC2)cc1S(N)(=O)=O. The van der Waals surface area contributed by atoms with Gasteiger partial charge in [0.2, 0.25) is 10.0 Å². The molecule has 112 valence electrons. The maximum absolute atomic E-state index is 11.9. The van der Waals surface area contributed by atoms with Crippen molar-refractivity contribution in [3.8, 4) is 0 Å². The molecule has 0 saturated carbocycles. The van der Waals surface area contributed by atoms with Crippen LogP contribution in [0.5, 0.6) is 0 Å². The Morgan fingerprint density at radius 2 is 2.30 bits per heavy atom. The molecule has 8 heteroatoms. The largest absolute Gasteiger partial charge is 0.455 e. The van der Waals surface area contributed by atoms with E-state index in [1.54, 1.807) is 0 Å². The molecule has 1 aliphatic rings. The first kappa shape index (κ1) is 15.0. The van der Waals surface area contributed by atoms with Crippen LogP contribution in [0, 0.1) is 12.8 Å². The van der Waals surface area contributed by atoms with Crippen LogP contribution in [0.25, 0.3) is 0 Å². The third kappa shape index (κ3) is 3.59. The number of nitrogens with one attached hydrogen (secondary N) is 1. The molecule has 1 atom stereocenters. The van der Waals surface area contributed by atoms with Crippen molar-refractivity contribution in [3.63, 3.8) is 0 Å². The Morgan fingerprint density at radius 3 is 2.85 bits per heavy atom. The third-order valence-electron chi connectivity index (χ3n) is 3.21. The maximum atomic E-state index is 11.9. The average Bonchev–Trinajstić information content (AvgIpc) is 2.79. The van der Waals surface area contributed by atoms with Crippen LogP contribution in [0.2, 0.25) is 0 Å². The molecule has 1 amide bonds. The summed E-state index contributed by atoms with van der Waals surface area (Å²) in [6.45, 7) is 3.31. The normalized spacial score (nSPS) is 19.8. The molecule has 1 fully saturated rings. The summed E-state index contributed by atoms with van der Waals surface area (Å²) in [5.74, 6) is -0.114. The quantitative estimate of drug-likeness (QED) is 0.835. The van der Waals surface area contributed by atoms with E-state index in [0.29, 0.717) is 13.2 Å². The van der Waals surface area contributed by atoms with Gasteiger partial charge in [-0.05, 0) is 25.7 Å². The van der Waals surface area contributed by atoms with E-state index in [1.165, 1.54) is 6.92 Å². The highest BCUT2D eigenvalue weighted by atomic mass is 32.2. The number of rotatable bonds is 4. The number of nitrogens with two attached hydrogens (primary N) is 1. The fourth-order valence-electron chi connectivity index (χ4n) is 2.15. The lowest BCUT2D eigenvalue weighted by molar-refractivity contribution is 0.0533. The Morgan fingerprint density at radius 1 is 1.55 bits per heavy atom. The molecule has 0 aromatic carbocycles. The fraction of sp³-hybridized carbons (Fsp3) is 0.583. The van der Waals surface area contributed by atoms with Gasteiger partial charge in [-0.3, -0.25) is 4.79 Å². The molecule has 1 aromatic rings. The highest BCUT2D eigenvalue weighted by Crippen LogP contribution is 2.19. The summed E-state index contributed by atoms with van der Waals surface area (Å²) in [6, 6.07) is 1.15. The van der Waals surface area contributed by atoms with Crippen LogP contribution in [0.15, 0.2) is 15.4 Å². The molecule has 1 aromatic heterocycles. The van der Waals surface area contributed by atoms with Crippen LogP contribution < -0.4 is 10.5 Å². The molecule has 1 unspecified atom stereocenters. The van der Waals surface area contributed by atoms with Gasteiger partial charge < -0.3 is 14.5 Å². The number of sulfonamides is 1. The number of carbonyl (C=O) groups is 1. The molecule has 2 heterocycles. The third-order valence-corrected chi connectivity index (χ3v) is 4.23. The Bertz CT molecular complexity index is 587. The van der Waals surface area contributed by atoms with Crippen LogP contribution in [0.3, 0.4) is 0 Å². The van der Waals surface area contributed by atoms with Gasteiger partial charge in [0.25, 0.3) is 5.91 Å². The second-order valence-electron chi connectivity index (χ2n) is 4.87. The summed E-state index contributed by atoms with van der Waals surface area (Å²) >= 11 is 0. The summed E-state index contributed by atoms with van der Waals surface area (Å²) in [5, 5.41) is 7.74. The van der Waals surface area contributed by atoms with E-state index < -0.39 is 15.9 Å². The lowest BCUT2D eigenvalue weighted by Gasteiger charge is -2.21. The molecule has 2 rings (SSSR count). The van der Waals surface area contributed by atoms with E-state index in [4.69, 9.17) is 14.3 Å². The van der Waals surface area contributed by atoms with Crippen LogP contribution in [0.4, 0.5) is 0 Å². The maximum Gasteiger partial charge on any atom is 0.287 e. The van der Waals surface area contributed by atoms with Crippen molar-refractivity contribution in [2.24, 2.45) is 11.1 Å². The summed E-state index contributed by atoms with van der Waals surface area (Å²) < 4.78 is 33.0. The Labute approximate surface area is 117 Å². The standard InChI is InChI=1S/C12H18N2O5S/c1-8-11(20(13,16)17)5-10(19-8)12(15)14-6-9-3-2-4-18-7-9/h5,9H,2-4,6-7H2,1H3,(H,14,15)(H2,13,16,17). The number of hydrogen-bond acceptors (Lipinski definition) is 5. The van der Waals surface area contributed by atoms with Crippen molar-refractivity contribution in [2.75, 3.05) is 19.8 Å². The van der Waals surface area contributed by atoms with Gasteiger partial charge in [0.05, 0.1) is 6.61 Å². The molecule has 0 aliphatic carbocycles. The van der Waals surface area contributed by atoms with E-state index in [1.807, 2.05) is 0 Å². The molecule has 0 spiro atoms. The van der Waals surface area contributed by atoms with Gasteiger partial charge in [0.15, 0.2) is 5.76 Å². The minimum absolute atomic E-state index is 0.0525. The van der Waals surface area contributed by atoms with E-state index in [2.05, 4.69) is 5.32 Å². The summed E-state index contributed by atoms with van der Waals surface area (Å²) in [7, 11) is -3.88. The zero-order valence-corrected chi connectivity index (χ0v) is 12.0. The average molecular weight is 302 g/mol. The smallest absolute Gasteiger partial charge is 0.287 e. The molecule has 0 radical (unpaired) electrons. The van der Waals surface area contributed by atoms with Crippen molar-refractivity contribution >= 4 is 15.9 Å². The molecule has 0 bridgehead atoms. The predicted octanol–water partition coefficient (Wildman–Crippen LogP) is 0.392. The number of hydrogen-bond donors (Lipinski definition) is 2. The minimum Gasteiger partial charge on any atom is -0.455 e. The highest BCUT2D eigenvalue weighted by molar-refractivity contribution is 7.89. The highest BCUT2D eigenvalue weighted by Gasteiger charge is 2.22. The van der Waals surface area contributed by atoms with Crippen LogP contribution in [-0.2, 0) is 14.8 Å². The number of furan rings is 1. The summed E-state index contributed by atoms with van der Waals surface area (Å²) in [5.41, 5.74) is 0. The van der Waals surface area contributed by atoms with Crippen LogP contribution in [-0.4, -0.2) is 34.1 Å². The lowest BCUT2D eigenvalue weighted by Crippen LogP contribution is -2.33. The predicted molar refractivity (Wildman–Crippen MR) is 70.7 cm³/mol. The molecule has 20 heavy (non-hydrogen) atoms. The zero-order valence-electron chi connectivity index (χ0n) is 11.2. The van der Waals surface area contributed by atoms with Crippen molar-refractivity contribution in [3.05, 3.63) is 17.6 Å². The number of ether oxygens (including phenoxy) is 1. The van der Waals surface area contributed by atoms with E-state index in [-0.39, 0.29) is 22.3 Å². The molecular formula is C12H18N2O5S. The van der Waals surface area contributed by atoms with E-state index in [0.717, 1.165) is 25.5 Å². The van der Waals surface area contributed by atoms with Gasteiger partial charge in [-0.1, -0.05) is 0 Å². The van der Waals surface area contributed by atoms with Gasteiger partial charge in [0.1, 0.15) is 10.7 Å². The Kier molecular flexibility index (Phi) is 4.46. The van der Waals surface area contributed by atoms with E-state index in [9.17, 15) is 13.2 Å². The summed E-state index contributed by atoms with van der Waals surface area (Å²) in [6.07, 6.45) is 1.98. The first-order chi connectivity index (χ1) is 9.38. The number of aryl methyl sites for hydroxylation is 1. The van der Waals surface area contributed by atoms with Gasteiger partial charge in [-0.2, -0.15) is 0 Å². The van der Waals surface area contributed by atoms with Crippen molar-refractivity contribution in [2.45, 2.75) is 24.7 Å². The van der Waals surface area contributed by atoms with Crippen LogP contribution in [0.1, 0.15) is 29.2 Å². The topological polar surface area (TPSA) is 112 Å². The van der Waals surface area contributed by atoms with Crippen LogP contribution >= 0.6 is 0 Å². The fourth-order valence-corrected chi connectivity index (χ4v) is 2.87.